The Balaban J connectivity index is 1.89. The molecule has 0 aliphatic carbocycles. The van der Waals surface area contributed by atoms with E-state index < -0.39 is 20.6 Å². The van der Waals surface area contributed by atoms with E-state index in [1.54, 1.807) is 6.92 Å². The van der Waals surface area contributed by atoms with E-state index in [0.29, 0.717) is 5.82 Å². The van der Waals surface area contributed by atoms with Crippen LogP contribution in [0.25, 0.3) is 11.4 Å². The van der Waals surface area contributed by atoms with Crippen molar-refractivity contribution in [2.75, 3.05) is 6.54 Å². The molecule has 0 atom stereocenters. The molecule has 0 bridgehead atoms. The summed E-state index contributed by atoms with van der Waals surface area (Å²) in [6.07, 6.45) is 0. The first-order valence-electron chi connectivity index (χ1n) is 8.46. The highest BCUT2D eigenvalue weighted by Gasteiger charge is 2.31. The summed E-state index contributed by atoms with van der Waals surface area (Å²) < 4.78 is 32.1. The summed E-state index contributed by atoms with van der Waals surface area (Å²) in [5.74, 6) is 0.439. The summed E-state index contributed by atoms with van der Waals surface area (Å²) in [6.45, 7) is 3.47. The van der Waals surface area contributed by atoms with Gasteiger partial charge < -0.3 is 4.52 Å². The minimum absolute atomic E-state index is 0.0800. The lowest BCUT2D eigenvalue weighted by Gasteiger charge is -2.18. The van der Waals surface area contributed by atoms with E-state index in [1.807, 2.05) is 31.2 Å². The van der Waals surface area contributed by atoms with Gasteiger partial charge in [-0.2, -0.15) is 9.29 Å². The van der Waals surface area contributed by atoms with Crippen molar-refractivity contribution in [2.45, 2.75) is 25.3 Å². The highest BCUT2D eigenvalue weighted by atomic mass is 32.2. The molecule has 2 aromatic carbocycles. The Morgan fingerprint density at radius 2 is 1.82 bits per heavy atom. The Morgan fingerprint density at radius 3 is 2.46 bits per heavy atom. The molecule has 1 aromatic heterocycles. The molecule has 0 saturated heterocycles. The van der Waals surface area contributed by atoms with E-state index in [9.17, 15) is 18.5 Å². The molecule has 0 aliphatic rings. The lowest BCUT2D eigenvalue weighted by atomic mass is 10.1. The van der Waals surface area contributed by atoms with Crippen molar-refractivity contribution >= 4 is 15.7 Å². The zero-order valence-corrected chi connectivity index (χ0v) is 16.1. The van der Waals surface area contributed by atoms with E-state index >= 15 is 0 Å². The predicted molar refractivity (Wildman–Crippen MR) is 101 cm³/mol. The van der Waals surface area contributed by atoms with Crippen molar-refractivity contribution in [2.24, 2.45) is 0 Å². The van der Waals surface area contributed by atoms with Crippen LogP contribution in [0, 0.1) is 17.0 Å². The molecule has 0 aliphatic heterocycles. The van der Waals surface area contributed by atoms with Gasteiger partial charge in [-0.25, -0.2) is 8.42 Å². The second-order valence-electron chi connectivity index (χ2n) is 6.03. The van der Waals surface area contributed by atoms with Gasteiger partial charge >= 0.3 is 0 Å². The number of rotatable bonds is 7. The Hall–Kier alpha value is -3.11. The van der Waals surface area contributed by atoms with Crippen LogP contribution in [0.4, 0.5) is 5.69 Å². The van der Waals surface area contributed by atoms with Gasteiger partial charge in [0, 0.05) is 18.2 Å². The summed E-state index contributed by atoms with van der Waals surface area (Å²) in [7, 11) is -4.12. The Kier molecular flexibility index (Phi) is 5.52. The molecule has 0 amide bonds. The zero-order valence-electron chi connectivity index (χ0n) is 15.3. The predicted octanol–water partition coefficient (Wildman–Crippen LogP) is 3.16. The van der Waals surface area contributed by atoms with E-state index in [-0.39, 0.29) is 23.9 Å². The number of benzene rings is 2. The molecule has 0 spiro atoms. The smallest absolute Gasteiger partial charge is 0.289 e. The fourth-order valence-electron chi connectivity index (χ4n) is 2.62. The normalized spacial score (nSPS) is 11.7. The van der Waals surface area contributed by atoms with Crippen LogP contribution in [0.15, 0.2) is 57.9 Å². The number of nitro groups is 1. The minimum Gasteiger partial charge on any atom is -0.338 e. The number of nitrogens with zero attached hydrogens (tertiary/aromatic N) is 4. The van der Waals surface area contributed by atoms with Crippen LogP contribution >= 0.6 is 0 Å². The first kappa shape index (κ1) is 19.6. The summed E-state index contributed by atoms with van der Waals surface area (Å²) in [6, 6.07) is 12.7. The fourth-order valence-corrected chi connectivity index (χ4v) is 4.18. The van der Waals surface area contributed by atoms with Gasteiger partial charge in [-0.1, -0.05) is 54.0 Å². The molecule has 146 valence electrons. The molecule has 9 nitrogen and oxygen atoms in total. The molecular formula is C18H18N4O5S. The van der Waals surface area contributed by atoms with Crippen molar-refractivity contribution in [3.05, 3.63) is 70.1 Å². The van der Waals surface area contributed by atoms with Crippen molar-refractivity contribution in [1.29, 1.82) is 0 Å². The monoisotopic (exact) mass is 402 g/mol. The lowest BCUT2D eigenvalue weighted by Crippen LogP contribution is -2.31. The maximum absolute atomic E-state index is 12.9. The van der Waals surface area contributed by atoms with E-state index in [4.69, 9.17) is 4.52 Å². The number of nitro benzene ring substituents is 1. The summed E-state index contributed by atoms with van der Waals surface area (Å²) in [4.78, 5) is 14.4. The zero-order chi connectivity index (χ0) is 20.3. The number of sulfonamides is 1. The maximum Gasteiger partial charge on any atom is 0.289 e. The lowest BCUT2D eigenvalue weighted by molar-refractivity contribution is -0.387. The third-order valence-electron chi connectivity index (χ3n) is 4.12. The molecule has 3 rings (SSSR count). The van der Waals surface area contributed by atoms with E-state index in [1.165, 1.54) is 18.2 Å². The van der Waals surface area contributed by atoms with Crippen LogP contribution in [-0.4, -0.2) is 34.3 Å². The molecule has 0 N–H and O–H groups in total. The van der Waals surface area contributed by atoms with Gasteiger partial charge in [-0.3, -0.25) is 10.1 Å². The molecular weight excluding hydrogens is 384 g/mol. The molecule has 28 heavy (non-hydrogen) atoms. The summed E-state index contributed by atoms with van der Waals surface area (Å²) >= 11 is 0. The minimum atomic E-state index is -4.12. The van der Waals surface area contributed by atoms with Gasteiger partial charge in [0.2, 0.25) is 21.7 Å². The topological polar surface area (TPSA) is 119 Å². The number of hydrogen-bond acceptors (Lipinski definition) is 7. The third-order valence-corrected chi connectivity index (χ3v) is 6.09. The van der Waals surface area contributed by atoms with E-state index in [2.05, 4.69) is 10.1 Å². The third kappa shape index (κ3) is 3.92. The summed E-state index contributed by atoms with van der Waals surface area (Å²) in [5, 5.41) is 15.1. The van der Waals surface area contributed by atoms with E-state index in [0.717, 1.165) is 21.5 Å². The van der Waals surface area contributed by atoms with Crippen molar-refractivity contribution in [3.63, 3.8) is 0 Å². The second-order valence-corrected chi connectivity index (χ2v) is 7.94. The van der Waals surface area contributed by atoms with Crippen LogP contribution in [0.1, 0.15) is 18.4 Å². The number of para-hydroxylation sites is 1. The van der Waals surface area contributed by atoms with Gasteiger partial charge in [-0.15, -0.1) is 0 Å². The quantitative estimate of drug-likeness (QED) is 0.440. The number of hydrogen-bond donors (Lipinski definition) is 0. The highest BCUT2D eigenvalue weighted by Crippen LogP contribution is 2.27. The van der Waals surface area contributed by atoms with Crippen LogP contribution in [-0.2, 0) is 16.6 Å². The van der Waals surface area contributed by atoms with Crippen LogP contribution < -0.4 is 0 Å². The van der Waals surface area contributed by atoms with Gasteiger partial charge in [0.15, 0.2) is 4.90 Å². The highest BCUT2D eigenvalue weighted by molar-refractivity contribution is 7.89. The van der Waals surface area contributed by atoms with Gasteiger partial charge in [-0.05, 0) is 13.0 Å². The maximum atomic E-state index is 12.9. The van der Waals surface area contributed by atoms with Crippen molar-refractivity contribution in [3.8, 4) is 11.4 Å². The Bertz CT molecular complexity index is 1090. The van der Waals surface area contributed by atoms with Gasteiger partial charge in [0.05, 0.1) is 11.5 Å². The molecule has 0 unspecified atom stereocenters. The van der Waals surface area contributed by atoms with Crippen LogP contribution in [0.5, 0.6) is 0 Å². The SMILES string of the molecule is CCN(Cc1nc(-c2ccc(C)cc2)no1)S(=O)(=O)c1ccccc1[N+](=O)[O-]. The average Bonchev–Trinajstić information content (AvgIpc) is 3.15. The molecule has 0 fully saturated rings. The molecule has 0 saturated carbocycles. The van der Waals surface area contributed by atoms with Crippen molar-refractivity contribution in [1.82, 2.24) is 14.4 Å². The van der Waals surface area contributed by atoms with Crippen LogP contribution in [0.3, 0.4) is 0 Å². The standard InChI is InChI=1S/C18H18N4O5S/c1-3-21(28(25,26)16-7-5-4-6-15(16)22(23)24)12-17-19-18(20-27-17)14-10-8-13(2)9-11-14/h4-11H,3,12H2,1-2H3. The first-order valence-corrected chi connectivity index (χ1v) is 9.90. The van der Waals surface area contributed by atoms with Gasteiger partial charge in [0.25, 0.3) is 5.69 Å². The second kappa shape index (κ2) is 7.87. The average molecular weight is 402 g/mol. The fraction of sp³-hybridized carbons (Fsp3) is 0.222. The van der Waals surface area contributed by atoms with Gasteiger partial charge in [0.1, 0.15) is 0 Å². The molecule has 3 aromatic rings. The number of aryl methyl sites for hydroxylation is 1. The Morgan fingerprint density at radius 1 is 1.14 bits per heavy atom. The summed E-state index contributed by atoms with van der Waals surface area (Å²) in [5.41, 5.74) is 1.34. The first-order chi connectivity index (χ1) is 13.3. The molecule has 0 radical (unpaired) electrons. The number of aromatic nitrogens is 2. The molecule has 1 heterocycles. The van der Waals surface area contributed by atoms with Crippen molar-refractivity contribution < 1.29 is 17.9 Å². The Labute approximate surface area is 161 Å². The molecule has 10 heteroatoms. The largest absolute Gasteiger partial charge is 0.338 e. The van der Waals surface area contributed by atoms with Crippen LogP contribution in [0.2, 0.25) is 0 Å².